The number of amides is 1. The van der Waals surface area contributed by atoms with Gasteiger partial charge in [-0.3, -0.25) is 4.79 Å². The molecule has 0 spiro atoms. The van der Waals surface area contributed by atoms with Crippen LogP contribution < -0.4 is 14.8 Å². The summed E-state index contributed by atoms with van der Waals surface area (Å²) >= 11 is 3.40. The standard InChI is InChI=1S/C15H14BrNO3/c1-19-11-5-3-10(4-6-11)15(18)17-14-8-7-12(20-2)9-13(14)16/h3-9H,1-2H3,(H,17,18). The van der Waals surface area contributed by atoms with Gasteiger partial charge in [0.25, 0.3) is 5.91 Å². The van der Waals surface area contributed by atoms with E-state index in [9.17, 15) is 4.79 Å². The summed E-state index contributed by atoms with van der Waals surface area (Å²) in [6, 6.07) is 12.3. The number of benzene rings is 2. The maximum Gasteiger partial charge on any atom is 0.255 e. The zero-order chi connectivity index (χ0) is 14.5. The first kappa shape index (κ1) is 14.4. The van der Waals surface area contributed by atoms with Gasteiger partial charge < -0.3 is 14.8 Å². The Kier molecular flexibility index (Phi) is 4.63. The van der Waals surface area contributed by atoms with Crippen LogP contribution in [0.3, 0.4) is 0 Å². The van der Waals surface area contributed by atoms with Gasteiger partial charge in [0.05, 0.1) is 19.9 Å². The topological polar surface area (TPSA) is 47.6 Å². The van der Waals surface area contributed by atoms with E-state index in [2.05, 4.69) is 21.2 Å². The summed E-state index contributed by atoms with van der Waals surface area (Å²) in [5, 5.41) is 2.83. The van der Waals surface area contributed by atoms with Gasteiger partial charge in [-0.15, -0.1) is 0 Å². The Morgan fingerprint density at radius 1 is 1.00 bits per heavy atom. The second-order valence-electron chi connectivity index (χ2n) is 4.03. The molecule has 0 aliphatic carbocycles. The second-order valence-corrected chi connectivity index (χ2v) is 4.88. The number of carbonyl (C=O) groups excluding carboxylic acids is 1. The molecule has 2 rings (SSSR count). The van der Waals surface area contributed by atoms with E-state index in [1.54, 1.807) is 56.7 Å². The molecule has 0 saturated heterocycles. The van der Waals surface area contributed by atoms with E-state index in [-0.39, 0.29) is 5.91 Å². The number of nitrogens with one attached hydrogen (secondary N) is 1. The summed E-state index contributed by atoms with van der Waals surface area (Å²) in [5.74, 6) is 1.25. The summed E-state index contributed by atoms with van der Waals surface area (Å²) < 4.78 is 10.9. The molecule has 0 aliphatic heterocycles. The molecule has 5 heteroatoms. The monoisotopic (exact) mass is 335 g/mol. The molecule has 0 bridgehead atoms. The van der Waals surface area contributed by atoms with Crippen molar-refractivity contribution in [3.63, 3.8) is 0 Å². The van der Waals surface area contributed by atoms with Crippen LogP contribution in [0.25, 0.3) is 0 Å². The normalized spacial score (nSPS) is 9.95. The fourth-order valence-electron chi connectivity index (χ4n) is 1.66. The van der Waals surface area contributed by atoms with Gasteiger partial charge in [0.15, 0.2) is 0 Å². The van der Waals surface area contributed by atoms with Crippen molar-refractivity contribution >= 4 is 27.5 Å². The molecule has 2 aromatic carbocycles. The van der Waals surface area contributed by atoms with Crippen LogP contribution in [0.2, 0.25) is 0 Å². The molecule has 0 saturated carbocycles. The highest BCUT2D eigenvalue weighted by Crippen LogP contribution is 2.27. The third-order valence-corrected chi connectivity index (χ3v) is 3.43. The molecular weight excluding hydrogens is 322 g/mol. The van der Waals surface area contributed by atoms with E-state index in [1.807, 2.05) is 0 Å². The maximum absolute atomic E-state index is 12.1. The van der Waals surface area contributed by atoms with Crippen LogP contribution >= 0.6 is 15.9 Å². The van der Waals surface area contributed by atoms with E-state index in [1.165, 1.54) is 0 Å². The fraction of sp³-hybridized carbons (Fsp3) is 0.133. The molecule has 104 valence electrons. The number of ether oxygens (including phenoxy) is 2. The average molecular weight is 336 g/mol. The van der Waals surface area contributed by atoms with E-state index >= 15 is 0 Å². The van der Waals surface area contributed by atoms with Crippen molar-refractivity contribution in [1.82, 2.24) is 0 Å². The smallest absolute Gasteiger partial charge is 0.255 e. The van der Waals surface area contributed by atoms with Crippen molar-refractivity contribution in [3.8, 4) is 11.5 Å². The number of hydrogen-bond donors (Lipinski definition) is 1. The minimum absolute atomic E-state index is 0.182. The van der Waals surface area contributed by atoms with Gasteiger partial charge in [-0.05, 0) is 58.4 Å². The largest absolute Gasteiger partial charge is 0.497 e. The van der Waals surface area contributed by atoms with Crippen molar-refractivity contribution < 1.29 is 14.3 Å². The number of anilines is 1. The van der Waals surface area contributed by atoms with Crippen LogP contribution in [0, 0.1) is 0 Å². The highest BCUT2D eigenvalue weighted by atomic mass is 79.9. The Morgan fingerprint density at radius 3 is 2.15 bits per heavy atom. The van der Waals surface area contributed by atoms with Crippen LogP contribution in [0.5, 0.6) is 11.5 Å². The molecule has 4 nitrogen and oxygen atoms in total. The zero-order valence-corrected chi connectivity index (χ0v) is 12.7. The Bertz CT molecular complexity index is 611. The minimum atomic E-state index is -0.182. The van der Waals surface area contributed by atoms with Gasteiger partial charge in [0, 0.05) is 10.0 Å². The van der Waals surface area contributed by atoms with Crippen molar-refractivity contribution in [3.05, 3.63) is 52.5 Å². The van der Waals surface area contributed by atoms with Crippen LogP contribution in [0.1, 0.15) is 10.4 Å². The average Bonchev–Trinajstić information content (AvgIpc) is 2.49. The summed E-state index contributed by atoms with van der Waals surface area (Å²) in [4.78, 5) is 12.1. The van der Waals surface area contributed by atoms with E-state index in [0.29, 0.717) is 17.0 Å². The summed E-state index contributed by atoms with van der Waals surface area (Å²) in [6.07, 6.45) is 0. The number of methoxy groups -OCH3 is 2. The van der Waals surface area contributed by atoms with Gasteiger partial charge in [-0.1, -0.05) is 0 Å². The summed E-state index contributed by atoms with van der Waals surface area (Å²) in [5.41, 5.74) is 1.25. The number of carbonyl (C=O) groups is 1. The highest BCUT2D eigenvalue weighted by molar-refractivity contribution is 9.10. The van der Waals surface area contributed by atoms with Crippen molar-refractivity contribution in [2.24, 2.45) is 0 Å². The first-order chi connectivity index (χ1) is 9.63. The lowest BCUT2D eigenvalue weighted by molar-refractivity contribution is 0.102. The molecular formula is C15H14BrNO3. The van der Waals surface area contributed by atoms with Crippen molar-refractivity contribution in [2.75, 3.05) is 19.5 Å². The van der Waals surface area contributed by atoms with Gasteiger partial charge in [-0.2, -0.15) is 0 Å². The van der Waals surface area contributed by atoms with E-state index < -0.39 is 0 Å². The van der Waals surface area contributed by atoms with Gasteiger partial charge in [0.2, 0.25) is 0 Å². The Morgan fingerprint density at radius 2 is 1.60 bits per heavy atom. The van der Waals surface area contributed by atoms with Crippen LogP contribution in [-0.4, -0.2) is 20.1 Å². The third-order valence-electron chi connectivity index (χ3n) is 2.78. The molecule has 20 heavy (non-hydrogen) atoms. The summed E-state index contributed by atoms with van der Waals surface area (Å²) in [7, 11) is 3.18. The van der Waals surface area contributed by atoms with Crippen LogP contribution in [0.15, 0.2) is 46.9 Å². The van der Waals surface area contributed by atoms with Crippen molar-refractivity contribution in [2.45, 2.75) is 0 Å². The molecule has 0 fully saturated rings. The van der Waals surface area contributed by atoms with Crippen LogP contribution in [0.4, 0.5) is 5.69 Å². The molecule has 0 radical (unpaired) electrons. The van der Waals surface area contributed by atoms with E-state index in [4.69, 9.17) is 9.47 Å². The lowest BCUT2D eigenvalue weighted by atomic mass is 10.2. The Balaban J connectivity index is 2.14. The molecule has 0 atom stereocenters. The minimum Gasteiger partial charge on any atom is -0.497 e. The predicted molar refractivity (Wildman–Crippen MR) is 81.6 cm³/mol. The first-order valence-electron chi connectivity index (χ1n) is 5.93. The first-order valence-corrected chi connectivity index (χ1v) is 6.72. The van der Waals surface area contributed by atoms with Crippen LogP contribution in [-0.2, 0) is 0 Å². The zero-order valence-electron chi connectivity index (χ0n) is 11.1. The van der Waals surface area contributed by atoms with Gasteiger partial charge in [0.1, 0.15) is 11.5 Å². The number of rotatable bonds is 4. The third kappa shape index (κ3) is 3.30. The predicted octanol–water partition coefficient (Wildman–Crippen LogP) is 3.72. The molecule has 1 N–H and O–H groups in total. The van der Waals surface area contributed by atoms with Gasteiger partial charge in [-0.25, -0.2) is 0 Å². The lowest BCUT2D eigenvalue weighted by Crippen LogP contribution is -2.12. The Labute approximate surface area is 125 Å². The SMILES string of the molecule is COc1ccc(C(=O)Nc2ccc(OC)cc2Br)cc1. The molecule has 1 amide bonds. The highest BCUT2D eigenvalue weighted by Gasteiger charge is 2.09. The summed E-state index contributed by atoms with van der Waals surface area (Å²) in [6.45, 7) is 0. The lowest BCUT2D eigenvalue weighted by Gasteiger charge is -2.09. The quantitative estimate of drug-likeness (QED) is 0.926. The second kappa shape index (κ2) is 6.43. The molecule has 0 aromatic heterocycles. The fourth-order valence-corrected chi connectivity index (χ4v) is 2.12. The molecule has 2 aromatic rings. The molecule has 0 heterocycles. The van der Waals surface area contributed by atoms with E-state index in [0.717, 1.165) is 10.2 Å². The number of hydrogen-bond acceptors (Lipinski definition) is 3. The maximum atomic E-state index is 12.1. The van der Waals surface area contributed by atoms with Gasteiger partial charge >= 0.3 is 0 Å². The molecule has 0 unspecified atom stereocenters. The molecule has 0 aliphatic rings. The number of halogens is 1. The van der Waals surface area contributed by atoms with Crippen molar-refractivity contribution in [1.29, 1.82) is 0 Å². The Hall–Kier alpha value is -2.01.